The molecule has 0 aliphatic carbocycles. The lowest BCUT2D eigenvalue weighted by atomic mass is 10.1. The van der Waals surface area contributed by atoms with Crippen LogP contribution in [0, 0.1) is 0 Å². The van der Waals surface area contributed by atoms with Crippen molar-refractivity contribution < 1.29 is 0 Å². The van der Waals surface area contributed by atoms with E-state index in [1.807, 2.05) is 71.2 Å². The number of aromatic amines is 2. The number of halogens is 3. The van der Waals surface area contributed by atoms with Gasteiger partial charge in [-0.1, -0.05) is 72.3 Å². The number of benzene rings is 4. The Labute approximate surface area is 335 Å². The number of nitrogens with zero attached hydrogens (tertiary/aromatic N) is 8. The zero-order chi connectivity index (χ0) is 37.3. The Morgan fingerprint density at radius 1 is 0.600 bits per heavy atom. The number of nitrogens with one attached hydrogen (secondary N) is 4. The van der Waals surface area contributed by atoms with Crippen molar-refractivity contribution in [3.63, 3.8) is 0 Å². The van der Waals surface area contributed by atoms with Gasteiger partial charge in [-0.05, 0) is 73.3 Å². The summed E-state index contributed by atoms with van der Waals surface area (Å²) in [7, 11) is 0. The van der Waals surface area contributed by atoms with Crippen molar-refractivity contribution in [2.75, 3.05) is 10.6 Å². The highest BCUT2D eigenvalue weighted by Crippen LogP contribution is 2.31. The molecular weight excluding hydrogens is 844 g/mol. The van der Waals surface area contributed by atoms with E-state index in [-0.39, 0.29) is 0 Å². The predicted molar refractivity (Wildman–Crippen MR) is 224 cm³/mol. The number of anilines is 2. The average Bonchev–Trinajstić information content (AvgIpc) is 4.04. The first-order chi connectivity index (χ1) is 27.0. The Hall–Kier alpha value is -6.09. The summed E-state index contributed by atoms with van der Waals surface area (Å²) in [5.74, 6) is 1.71. The second kappa shape index (κ2) is 15.0. The topological polar surface area (TPSA) is 142 Å². The lowest BCUT2D eigenvalue weighted by Crippen LogP contribution is -2.07. The molecule has 0 fully saturated rings. The van der Waals surface area contributed by atoms with Crippen molar-refractivity contribution in [2.45, 2.75) is 13.1 Å². The molecule has 0 atom stereocenters. The van der Waals surface area contributed by atoms with E-state index in [1.165, 1.54) is 0 Å². The van der Waals surface area contributed by atoms with E-state index >= 15 is 0 Å². The maximum absolute atomic E-state index is 6.39. The quantitative estimate of drug-likeness (QED) is 0.118. The molecule has 10 rings (SSSR count). The lowest BCUT2D eigenvalue weighted by molar-refractivity contribution is 0.927. The lowest BCUT2D eigenvalue weighted by Gasteiger charge is -2.12. The van der Waals surface area contributed by atoms with E-state index in [1.54, 1.807) is 29.6 Å². The highest BCUT2D eigenvalue weighted by atomic mass is 79.9. The Kier molecular flexibility index (Phi) is 9.44. The molecule has 55 heavy (non-hydrogen) atoms. The third-order valence-corrected chi connectivity index (χ3v) is 10.4. The maximum atomic E-state index is 6.39. The molecule has 12 nitrogen and oxygen atoms in total. The minimum Gasteiger partial charge on any atom is -0.366 e. The van der Waals surface area contributed by atoms with Crippen LogP contribution in [0.15, 0.2) is 137 Å². The van der Waals surface area contributed by atoms with Crippen molar-refractivity contribution in [2.24, 2.45) is 0 Å². The number of hydrogen-bond acceptors (Lipinski definition) is 8. The first kappa shape index (κ1) is 34.7. The Morgan fingerprint density at radius 3 is 1.71 bits per heavy atom. The molecule has 0 unspecified atom stereocenters. The van der Waals surface area contributed by atoms with Gasteiger partial charge < -0.3 is 20.6 Å². The van der Waals surface area contributed by atoms with Crippen LogP contribution in [0.5, 0.6) is 0 Å². The summed E-state index contributed by atoms with van der Waals surface area (Å²) < 4.78 is 5.27. The minimum atomic E-state index is 0.632. The summed E-state index contributed by atoms with van der Waals surface area (Å²) in [5.41, 5.74) is 11.4. The molecule has 6 aromatic heterocycles. The zero-order valence-corrected chi connectivity index (χ0v) is 32.7. The molecule has 0 spiro atoms. The van der Waals surface area contributed by atoms with Crippen molar-refractivity contribution in [1.82, 2.24) is 49.1 Å². The smallest absolute Gasteiger partial charge is 0.172 e. The Bertz CT molecular complexity index is 2950. The number of fused-ring (bicyclic) bond motifs is 4. The van der Waals surface area contributed by atoms with Gasteiger partial charge in [-0.15, -0.1) is 0 Å². The van der Waals surface area contributed by atoms with Gasteiger partial charge in [0.25, 0.3) is 0 Å². The van der Waals surface area contributed by atoms with E-state index in [2.05, 4.69) is 109 Å². The van der Waals surface area contributed by atoms with Crippen LogP contribution in [0.2, 0.25) is 5.02 Å². The molecule has 15 heteroatoms. The second-order valence-corrected chi connectivity index (χ2v) is 14.7. The van der Waals surface area contributed by atoms with Gasteiger partial charge in [0.15, 0.2) is 11.3 Å². The SMILES string of the molecule is Brc1cnn2c(NCc3ccc4nc[nH]c4c3)cc(-c3ccccc3)nc12.Clc1ccccc1-c1cc(NCc2ccc3nc[nH]c3c2)n2ncc(Br)c2n1. The molecule has 0 aliphatic rings. The van der Waals surface area contributed by atoms with E-state index in [0.29, 0.717) is 18.1 Å². The molecule has 0 saturated carbocycles. The van der Waals surface area contributed by atoms with Gasteiger partial charge in [0.2, 0.25) is 0 Å². The fourth-order valence-corrected chi connectivity index (χ4v) is 7.19. The molecule has 0 aliphatic heterocycles. The maximum Gasteiger partial charge on any atom is 0.172 e. The van der Waals surface area contributed by atoms with Crippen molar-refractivity contribution in [3.05, 3.63) is 153 Å². The monoisotopic (exact) mass is 870 g/mol. The summed E-state index contributed by atoms with van der Waals surface area (Å²) in [6.45, 7) is 1.30. The van der Waals surface area contributed by atoms with Crippen LogP contribution in [0.25, 0.3) is 55.9 Å². The minimum absolute atomic E-state index is 0.632. The van der Waals surface area contributed by atoms with Crippen molar-refractivity contribution in [1.29, 1.82) is 0 Å². The molecule has 270 valence electrons. The molecule has 4 aromatic carbocycles. The van der Waals surface area contributed by atoms with Gasteiger partial charge in [-0.3, -0.25) is 0 Å². The number of H-pyrrole nitrogens is 2. The normalized spacial score (nSPS) is 11.3. The van der Waals surface area contributed by atoms with Crippen LogP contribution < -0.4 is 10.6 Å². The fraction of sp³-hybridized carbons (Fsp3) is 0.0500. The Balaban J connectivity index is 0.000000144. The van der Waals surface area contributed by atoms with Gasteiger partial charge >= 0.3 is 0 Å². The van der Waals surface area contributed by atoms with Gasteiger partial charge in [0.1, 0.15) is 11.6 Å². The predicted octanol–water partition coefficient (Wildman–Crippen LogP) is 9.95. The molecule has 10 aromatic rings. The third-order valence-electron chi connectivity index (χ3n) is 8.99. The third kappa shape index (κ3) is 7.14. The molecule has 0 bridgehead atoms. The number of imidazole rings is 2. The molecule has 4 N–H and O–H groups in total. The van der Waals surface area contributed by atoms with E-state index in [0.717, 1.165) is 87.6 Å². The molecular formula is C40H29Br2ClN12. The summed E-state index contributed by atoms with van der Waals surface area (Å²) in [4.78, 5) is 24.3. The van der Waals surface area contributed by atoms with E-state index < -0.39 is 0 Å². The number of hydrogen-bond donors (Lipinski definition) is 4. The van der Waals surface area contributed by atoms with Crippen LogP contribution in [-0.2, 0) is 13.1 Å². The first-order valence-electron chi connectivity index (χ1n) is 17.2. The van der Waals surface area contributed by atoms with Gasteiger partial charge in [0, 0.05) is 41.4 Å². The zero-order valence-electron chi connectivity index (χ0n) is 28.8. The largest absolute Gasteiger partial charge is 0.366 e. The fourth-order valence-electron chi connectivity index (χ4n) is 6.26. The van der Waals surface area contributed by atoms with Crippen LogP contribution in [-0.4, -0.2) is 49.1 Å². The highest BCUT2D eigenvalue weighted by molar-refractivity contribution is 9.11. The van der Waals surface area contributed by atoms with Gasteiger partial charge in [0.05, 0.1) is 67.4 Å². The van der Waals surface area contributed by atoms with Crippen LogP contribution >= 0.6 is 43.5 Å². The molecule has 0 amide bonds. The number of aromatic nitrogens is 10. The number of rotatable bonds is 8. The van der Waals surface area contributed by atoms with Crippen molar-refractivity contribution >= 4 is 88.5 Å². The molecule has 6 heterocycles. The van der Waals surface area contributed by atoms with E-state index in [9.17, 15) is 0 Å². The summed E-state index contributed by atoms with van der Waals surface area (Å²) in [5, 5.41) is 16.5. The molecule has 0 saturated heterocycles. The Morgan fingerprint density at radius 2 is 1.13 bits per heavy atom. The van der Waals surface area contributed by atoms with Crippen molar-refractivity contribution in [3.8, 4) is 22.5 Å². The van der Waals surface area contributed by atoms with Crippen LogP contribution in [0.3, 0.4) is 0 Å². The first-order valence-corrected chi connectivity index (χ1v) is 19.1. The average molecular weight is 873 g/mol. The van der Waals surface area contributed by atoms with Gasteiger partial charge in [-0.25, -0.2) is 19.9 Å². The van der Waals surface area contributed by atoms with E-state index in [4.69, 9.17) is 21.6 Å². The summed E-state index contributed by atoms with van der Waals surface area (Å²) >= 11 is 13.5. The van der Waals surface area contributed by atoms with Gasteiger partial charge in [-0.2, -0.15) is 19.2 Å². The highest BCUT2D eigenvalue weighted by Gasteiger charge is 2.14. The summed E-state index contributed by atoms with van der Waals surface area (Å²) in [6.07, 6.45) is 6.91. The standard InChI is InChI=1S/C20H14BrClN6.C20H15BrN6/c21-14-10-26-28-19(23-9-12-5-6-16-18(7-12)25-11-24-16)8-17(27-20(14)28)13-3-1-2-4-15(13)22;21-15-11-25-27-19(9-17(26-20(15)27)14-4-2-1-3-5-14)22-10-13-6-7-16-18(8-13)24-12-23-16/h1-8,10-11,23H,9H2,(H,24,25);1-9,11-12,22H,10H2,(H,23,24). The summed E-state index contributed by atoms with van der Waals surface area (Å²) in [6, 6.07) is 34.1. The van der Waals surface area contributed by atoms with Crippen LogP contribution in [0.4, 0.5) is 11.6 Å². The molecule has 0 radical (unpaired) electrons. The second-order valence-electron chi connectivity index (χ2n) is 12.6. The van der Waals surface area contributed by atoms with Crippen LogP contribution in [0.1, 0.15) is 11.1 Å².